The number of ether oxygens (including phenoxy) is 4. The van der Waals surface area contributed by atoms with E-state index in [1.54, 1.807) is 0 Å². The molecule has 0 saturated carbocycles. The van der Waals surface area contributed by atoms with Crippen LogP contribution in [-0.2, 0) is 28.5 Å². The molecular weight excluding hydrogens is 466 g/mol. The standard InChI is InChI=1S/C21H39N5O7S/c22-26-19(28)5-7-30-9-11-32-13-14-33-12-10-31-8-6-23-18(27)4-2-1-3-17-20-16(15-34-17)24-21(29)25-20/h16-17,20H,1-15,22H2,(H,23,27)(H,26,28)(H2,24,25,29). The zero-order valence-electron chi connectivity index (χ0n) is 19.7. The van der Waals surface area contributed by atoms with E-state index in [1.165, 1.54) is 0 Å². The Morgan fingerprint density at radius 3 is 2.21 bits per heavy atom. The maximum absolute atomic E-state index is 11.9. The van der Waals surface area contributed by atoms with Gasteiger partial charge in [0.25, 0.3) is 0 Å². The minimum atomic E-state index is -0.262. The zero-order valence-corrected chi connectivity index (χ0v) is 20.5. The van der Waals surface area contributed by atoms with Gasteiger partial charge in [-0.05, 0) is 12.8 Å². The van der Waals surface area contributed by atoms with Crippen molar-refractivity contribution in [3.63, 3.8) is 0 Å². The van der Waals surface area contributed by atoms with Gasteiger partial charge in [-0.1, -0.05) is 6.42 Å². The molecule has 2 aliphatic heterocycles. The Morgan fingerprint density at radius 2 is 1.53 bits per heavy atom. The number of fused-ring (bicyclic) bond motifs is 1. The molecule has 4 amide bonds. The summed E-state index contributed by atoms with van der Waals surface area (Å²) in [5, 5.41) is 9.24. The van der Waals surface area contributed by atoms with Crippen molar-refractivity contribution in [1.29, 1.82) is 0 Å². The first-order chi connectivity index (χ1) is 16.6. The number of nitrogens with one attached hydrogen (secondary N) is 4. The third-order valence-corrected chi connectivity index (χ3v) is 6.91. The summed E-state index contributed by atoms with van der Waals surface area (Å²) in [6, 6.07) is 0.413. The van der Waals surface area contributed by atoms with Crippen molar-refractivity contribution in [3.8, 4) is 0 Å². The van der Waals surface area contributed by atoms with E-state index in [9.17, 15) is 14.4 Å². The van der Waals surface area contributed by atoms with Gasteiger partial charge < -0.3 is 34.9 Å². The summed E-state index contributed by atoms with van der Waals surface area (Å²) in [6.07, 6.45) is 3.56. The lowest BCUT2D eigenvalue weighted by Gasteiger charge is -2.16. The lowest BCUT2D eigenvalue weighted by molar-refractivity contribution is -0.122. The molecule has 13 heteroatoms. The van der Waals surface area contributed by atoms with Crippen LogP contribution in [0.4, 0.5) is 4.79 Å². The number of amides is 4. The van der Waals surface area contributed by atoms with Crippen molar-refractivity contribution in [3.05, 3.63) is 0 Å². The first-order valence-electron chi connectivity index (χ1n) is 11.9. The molecule has 6 N–H and O–H groups in total. The molecule has 0 radical (unpaired) electrons. The molecule has 0 aromatic carbocycles. The van der Waals surface area contributed by atoms with E-state index in [2.05, 4.69) is 16.0 Å². The topological polar surface area (TPSA) is 162 Å². The van der Waals surface area contributed by atoms with Gasteiger partial charge in [0, 0.05) is 24.0 Å². The minimum absolute atomic E-state index is 0.0383. The molecule has 12 nitrogen and oxygen atoms in total. The maximum atomic E-state index is 11.9. The van der Waals surface area contributed by atoms with Crippen molar-refractivity contribution < 1.29 is 33.3 Å². The molecule has 2 heterocycles. The molecule has 0 bridgehead atoms. The molecule has 0 spiro atoms. The zero-order chi connectivity index (χ0) is 24.4. The number of hydrogen-bond donors (Lipinski definition) is 5. The molecule has 0 aromatic rings. The number of thioether (sulfide) groups is 1. The van der Waals surface area contributed by atoms with Crippen LogP contribution in [-0.4, -0.2) is 100 Å². The molecule has 196 valence electrons. The number of nitrogens with two attached hydrogens (primary N) is 1. The number of carbonyl (C=O) groups is 3. The van der Waals surface area contributed by atoms with Crippen LogP contribution in [0.15, 0.2) is 0 Å². The normalized spacial score (nSPS) is 21.1. The first kappa shape index (κ1) is 28.6. The van der Waals surface area contributed by atoms with Gasteiger partial charge in [0.1, 0.15) is 0 Å². The average Bonchev–Trinajstić information content (AvgIpc) is 3.38. The fraction of sp³-hybridized carbons (Fsp3) is 0.857. The van der Waals surface area contributed by atoms with Gasteiger partial charge in [-0.25, -0.2) is 10.6 Å². The van der Waals surface area contributed by atoms with Crippen LogP contribution in [0.1, 0.15) is 32.1 Å². The summed E-state index contributed by atoms with van der Waals surface area (Å²) in [5.41, 5.74) is 2.03. The van der Waals surface area contributed by atoms with E-state index >= 15 is 0 Å². The molecule has 2 saturated heterocycles. The Morgan fingerprint density at radius 1 is 0.882 bits per heavy atom. The highest BCUT2D eigenvalue weighted by Gasteiger charge is 2.42. The van der Waals surface area contributed by atoms with E-state index in [0.717, 1.165) is 25.0 Å². The number of hydrazine groups is 1. The Balaban J connectivity index is 1.27. The van der Waals surface area contributed by atoms with Crippen molar-refractivity contribution in [1.82, 2.24) is 21.4 Å². The number of rotatable bonds is 20. The SMILES string of the molecule is NNC(=O)CCOCCOCCOCCOCCNC(=O)CCCCC1SCC2NC(=O)NC21. The average molecular weight is 506 g/mol. The first-order valence-corrected chi connectivity index (χ1v) is 12.9. The second-order valence-electron chi connectivity index (χ2n) is 7.98. The van der Waals surface area contributed by atoms with E-state index in [1.807, 2.05) is 17.2 Å². The third kappa shape index (κ3) is 12.2. The lowest BCUT2D eigenvalue weighted by Crippen LogP contribution is -2.36. The fourth-order valence-electron chi connectivity index (χ4n) is 3.62. The number of carbonyl (C=O) groups excluding carboxylic acids is 3. The van der Waals surface area contributed by atoms with E-state index < -0.39 is 0 Å². The highest BCUT2D eigenvalue weighted by Crippen LogP contribution is 2.33. The summed E-state index contributed by atoms with van der Waals surface area (Å²) < 4.78 is 21.4. The smallest absolute Gasteiger partial charge is 0.315 e. The van der Waals surface area contributed by atoms with Crippen molar-refractivity contribution in [2.75, 3.05) is 65.2 Å². The molecule has 0 aromatic heterocycles. The lowest BCUT2D eigenvalue weighted by atomic mass is 10.0. The van der Waals surface area contributed by atoms with Crippen LogP contribution in [0.2, 0.25) is 0 Å². The molecule has 3 atom stereocenters. The third-order valence-electron chi connectivity index (χ3n) is 5.40. The molecule has 2 rings (SSSR count). The van der Waals surface area contributed by atoms with Crippen molar-refractivity contribution >= 4 is 29.6 Å². The summed E-state index contributed by atoms with van der Waals surface area (Å²) in [5.74, 6) is 5.70. The monoisotopic (exact) mass is 505 g/mol. The molecule has 2 fully saturated rings. The summed E-state index contributed by atoms with van der Waals surface area (Å²) >= 11 is 1.90. The van der Waals surface area contributed by atoms with Crippen molar-refractivity contribution in [2.24, 2.45) is 5.84 Å². The van der Waals surface area contributed by atoms with Gasteiger partial charge >= 0.3 is 6.03 Å². The summed E-state index contributed by atoms with van der Waals surface area (Å²) in [6.45, 7) is 3.89. The summed E-state index contributed by atoms with van der Waals surface area (Å²) in [7, 11) is 0. The van der Waals surface area contributed by atoms with Crippen LogP contribution >= 0.6 is 11.8 Å². The second-order valence-corrected chi connectivity index (χ2v) is 9.26. The van der Waals surface area contributed by atoms with Crippen LogP contribution in [0.5, 0.6) is 0 Å². The Bertz CT molecular complexity index is 616. The maximum Gasteiger partial charge on any atom is 0.315 e. The van der Waals surface area contributed by atoms with Gasteiger partial charge in [-0.15, -0.1) is 0 Å². The van der Waals surface area contributed by atoms with E-state index in [0.29, 0.717) is 71.1 Å². The largest absolute Gasteiger partial charge is 0.379 e. The number of urea groups is 1. The van der Waals surface area contributed by atoms with E-state index in [-0.39, 0.29) is 36.3 Å². The Hall–Kier alpha value is -1.64. The van der Waals surface area contributed by atoms with Crippen LogP contribution in [0, 0.1) is 0 Å². The van der Waals surface area contributed by atoms with Crippen LogP contribution in [0.3, 0.4) is 0 Å². The molecule has 0 aliphatic carbocycles. The van der Waals surface area contributed by atoms with Crippen LogP contribution < -0.4 is 27.2 Å². The predicted octanol–water partition coefficient (Wildman–Crippen LogP) is -0.725. The number of hydrogen-bond acceptors (Lipinski definition) is 9. The highest BCUT2D eigenvalue weighted by atomic mass is 32.2. The minimum Gasteiger partial charge on any atom is -0.379 e. The van der Waals surface area contributed by atoms with Gasteiger partial charge in [0.15, 0.2) is 0 Å². The fourth-order valence-corrected chi connectivity index (χ4v) is 5.17. The van der Waals surface area contributed by atoms with Crippen LogP contribution in [0.25, 0.3) is 0 Å². The Labute approximate surface area is 205 Å². The highest BCUT2D eigenvalue weighted by molar-refractivity contribution is 8.00. The molecular formula is C21H39N5O7S. The Kier molecular flexibility index (Phi) is 14.9. The van der Waals surface area contributed by atoms with Gasteiger partial charge in [0.2, 0.25) is 11.8 Å². The van der Waals surface area contributed by atoms with Gasteiger partial charge in [-0.2, -0.15) is 11.8 Å². The number of unbranched alkanes of at least 4 members (excludes halogenated alkanes) is 1. The van der Waals surface area contributed by atoms with Crippen molar-refractivity contribution in [2.45, 2.75) is 49.4 Å². The summed E-state index contributed by atoms with van der Waals surface area (Å²) in [4.78, 5) is 34.2. The predicted molar refractivity (Wildman–Crippen MR) is 127 cm³/mol. The molecule has 2 aliphatic rings. The molecule has 34 heavy (non-hydrogen) atoms. The van der Waals surface area contributed by atoms with Gasteiger partial charge in [-0.3, -0.25) is 15.0 Å². The quantitative estimate of drug-likeness (QED) is 0.0472. The molecule has 3 unspecified atom stereocenters. The van der Waals surface area contributed by atoms with E-state index in [4.69, 9.17) is 24.8 Å². The second kappa shape index (κ2) is 17.7. The van der Waals surface area contributed by atoms with Gasteiger partial charge in [0.05, 0.1) is 71.4 Å².